The van der Waals surface area contributed by atoms with Crippen LogP contribution in [-0.4, -0.2) is 14.2 Å². The molecule has 0 atom stereocenters. The van der Waals surface area contributed by atoms with Gasteiger partial charge in [-0.05, 0) is 24.6 Å². The Hall–Kier alpha value is -1.58. The standard InChI is InChI=1S/C8H9N3O.C2H6/c1-6-3-4-11-7(5-6)9-10(2)8(11)12;1-2/h3-5H,1-2H3;1-2H3. The predicted molar refractivity (Wildman–Crippen MR) is 56.5 cm³/mol. The predicted octanol–water partition coefficient (Wildman–Crippen LogP) is 1.37. The zero-order chi connectivity index (χ0) is 10.7. The van der Waals surface area contributed by atoms with E-state index in [2.05, 4.69) is 5.10 Å². The van der Waals surface area contributed by atoms with E-state index in [-0.39, 0.29) is 5.69 Å². The molecular formula is C10H15N3O. The van der Waals surface area contributed by atoms with Crippen LogP contribution < -0.4 is 5.69 Å². The molecule has 0 aliphatic heterocycles. The summed E-state index contributed by atoms with van der Waals surface area (Å²) in [6.07, 6.45) is 1.74. The quantitative estimate of drug-likeness (QED) is 0.634. The molecule has 0 fully saturated rings. The van der Waals surface area contributed by atoms with Crippen molar-refractivity contribution < 1.29 is 0 Å². The van der Waals surface area contributed by atoms with Gasteiger partial charge in [-0.3, -0.25) is 4.40 Å². The van der Waals surface area contributed by atoms with Crippen molar-refractivity contribution in [3.05, 3.63) is 34.4 Å². The second-order valence-corrected chi connectivity index (χ2v) is 2.84. The van der Waals surface area contributed by atoms with Crippen LogP contribution in [0.15, 0.2) is 23.1 Å². The summed E-state index contributed by atoms with van der Waals surface area (Å²) < 4.78 is 2.85. The summed E-state index contributed by atoms with van der Waals surface area (Å²) >= 11 is 0. The maximum atomic E-state index is 11.3. The maximum Gasteiger partial charge on any atom is 0.350 e. The molecule has 76 valence electrons. The lowest BCUT2D eigenvalue weighted by atomic mass is 10.3. The Labute approximate surface area is 82.8 Å². The van der Waals surface area contributed by atoms with E-state index in [1.807, 2.05) is 32.9 Å². The van der Waals surface area contributed by atoms with Gasteiger partial charge in [0.15, 0.2) is 5.65 Å². The number of aryl methyl sites for hydroxylation is 2. The molecule has 0 saturated heterocycles. The summed E-state index contributed by atoms with van der Waals surface area (Å²) in [6, 6.07) is 3.76. The largest absolute Gasteiger partial charge is 0.350 e. The van der Waals surface area contributed by atoms with E-state index >= 15 is 0 Å². The summed E-state index contributed by atoms with van der Waals surface area (Å²) in [5.74, 6) is 0. The minimum absolute atomic E-state index is 0.106. The van der Waals surface area contributed by atoms with Crippen LogP contribution in [0.4, 0.5) is 0 Å². The van der Waals surface area contributed by atoms with Gasteiger partial charge in [0.2, 0.25) is 0 Å². The van der Waals surface area contributed by atoms with Crippen molar-refractivity contribution in [3.63, 3.8) is 0 Å². The second kappa shape index (κ2) is 4.09. The van der Waals surface area contributed by atoms with Crippen LogP contribution in [0.3, 0.4) is 0 Å². The molecule has 2 rings (SSSR count). The van der Waals surface area contributed by atoms with Gasteiger partial charge in [-0.1, -0.05) is 13.8 Å². The molecule has 2 aromatic heterocycles. The number of rotatable bonds is 0. The van der Waals surface area contributed by atoms with Gasteiger partial charge >= 0.3 is 5.69 Å². The van der Waals surface area contributed by atoms with Crippen molar-refractivity contribution >= 4 is 5.65 Å². The number of nitrogens with zero attached hydrogens (tertiary/aromatic N) is 3. The highest BCUT2D eigenvalue weighted by Gasteiger charge is 2.01. The fourth-order valence-corrected chi connectivity index (χ4v) is 1.18. The van der Waals surface area contributed by atoms with Crippen LogP contribution in [0.2, 0.25) is 0 Å². The second-order valence-electron chi connectivity index (χ2n) is 2.84. The highest BCUT2D eigenvalue weighted by molar-refractivity contribution is 5.39. The van der Waals surface area contributed by atoms with E-state index in [1.165, 1.54) is 9.08 Å². The average molecular weight is 193 g/mol. The van der Waals surface area contributed by atoms with E-state index in [4.69, 9.17) is 0 Å². The highest BCUT2D eigenvalue weighted by Crippen LogP contribution is 1.99. The SMILES string of the molecule is CC.Cc1ccn2c(=O)n(C)nc2c1. The number of hydrogen-bond donors (Lipinski definition) is 0. The minimum atomic E-state index is -0.106. The Balaban J connectivity index is 0.000000461. The maximum absolute atomic E-state index is 11.3. The molecule has 2 heterocycles. The zero-order valence-electron chi connectivity index (χ0n) is 8.98. The first-order valence-corrected chi connectivity index (χ1v) is 4.70. The van der Waals surface area contributed by atoms with Gasteiger partial charge in [-0.15, -0.1) is 0 Å². The first-order valence-electron chi connectivity index (χ1n) is 4.70. The zero-order valence-corrected chi connectivity index (χ0v) is 8.98. The lowest BCUT2D eigenvalue weighted by Crippen LogP contribution is -2.17. The third-order valence-corrected chi connectivity index (χ3v) is 1.83. The van der Waals surface area contributed by atoms with E-state index in [9.17, 15) is 4.79 Å². The minimum Gasteiger partial charge on any atom is -0.250 e. The van der Waals surface area contributed by atoms with Gasteiger partial charge in [0, 0.05) is 13.2 Å². The van der Waals surface area contributed by atoms with Gasteiger partial charge in [0.25, 0.3) is 0 Å². The molecule has 2 aromatic rings. The molecule has 0 saturated carbocycles. The first kappa shape index (κ1) is 10.5. The average Bonchev–Trinajstić information content (AvgIpc) is 2.45. The van der Waals surface area contributed by atoms with Crippen LogP contribution in [0.25, 0.3) is 5.65 Å². The molecule has 0 aliphatic rings. The van der Waals surface area contributed by atoms with Crippen molar-refractivity contribution in [1.82, 2.24) is 14.2 Å². The van der Waals surface area contributed by atoms with Crippen LogP contribution in [-0.2, 0) is 7.05 Å². The topological polar surface area (TPSA) is 39.3 Å². The molecule has 14 heavy (non-hydrogen) atoms. The van der Waals surface area contributed by atoms with Crippen LogP contribution in [0, 0.1) is 6.92 Å². The van der Waals surface area contributed by atoms with Crippen molar-refractivity contribution in [3.8, 4) is 0 Å². The van der Waals surface area contributed by atoms with E-state index < -0.39 is 0 Å². The summed E-state index contributed by atoms with van der Waals surface area (Å²) in [5, 5.41) is 4.04. The Bertz CT molecular complexity index is 482. The molecular weight excluding hydrogens is 178 g/mol. The van der Waals surface area contributed by atoms with Gasteiger partial charge in [0.1, 0.15) is 0 Å². The molecule has 4 heteroatoms. The van der Waals surface area contributed by atoms with Crippen molar-refractivity contribution in [1.29, 1.82) is 0 Å². The summed E-state index contributed by atoms with van der Waals surface area (Å²) in [6.45, 7) is 5.97. The Morgan fingerprint density at radius 2 is 2.00 bits per heavy atom. The fraction of sp³-hybridized carbons (Fsp3) is 0.400. The Morgan fingerprint density at radius 1 is 1.36 bits per heavy atom. The van der Waals surface area contributed by atoms with Crippen LogP contribution in [0.1, 0.15) is 19.4 Å². The fourth-order valence-electron chi connectivity index (χ4n) is 1.18. The third-order valence-electron chi connectivity index (χ3n) is 1.83. The van der Waals surface area contributed by atoms with Gasteiger partial charge in [0.05, 0.1) is 0 Å². The molecule has 0 unspecified atom stereocenters. The third kappa shape index (κ3) is 1.69. The van der Waals surface area contributed by atoms with E-state index in [1.54, 1.807) is 13.2 Å². The van der Waals surface area contributed by atoms with Crippen molar-refractivity contribution in [2.75, 3.05) is 0 Å². The smallest absolute Gasteiger partial charge is 0.250 e. The molecule has 0 aliphatic carbocycles. The Kier molecular flexibility index (Phi) is 3.06. The lowest BCUT2D eigenvalue weighted by molar-refractivity contribution is 0.733. The molecule has 4 nitrogen and oxygen atoms in total. The normalized spacial score (nSPS) is 9.71. The monoisotopic (exact) mass is 193 g/mol. The lowest BCUT2D eigenvalue weighted by Gasteiger charge is -1.90. The van der Waals surface area contributed by atoms with E-state index in [0.717, 1.165) is 5.56 Å². The first-order chi connectivity index (χ1) is 6.68. The highest BCUT2D eigenvalue weighted by atomic mass is 16.2. The molecule has 0 spiro atoms. The van der Waals surface area contributed by atoms with Crippen LogP contribution in [0.5, 0.6) is 0 Å². The number of hydrogen-bond acceptors (Lipinski definition) is 2. The summed E-state index contributed by atoms with van der Waals surface area (Å²) in [5.41, 5.74) is 1.70. The molecule has 0 amide bonds. The summed E-state index contributed by atoms with van der Waals surface area (Å²) in [4.78, 5) is 11.3. The van der Waals surface area contributed by atoms with Gasteiger partial charge in [-0.2, -0.15) is 5.10 Å². The molecule has 0 N–H and O–H groups in total. The number of pyridine rings is 1. The molecule has 0 bridgehead atoms. The summed E-state index contributed by atoms with van der Waals surface area (Å²) in [7, 11) is 1.64. The molecule has 0 aromatic carbocycles. The van der Waals surface area contributed by atoms with Gasteiger partial charge < -0.3 is 0 Å². The van der Waals surface area contributed by atoms with Crippen molar-refractivity contribution in [2.24, 2.45) is 7.05 Å². The van der Waals surface area contributed by atoms with Crippen molar-refractivity contribution in [2.45, 2.75) is 20.8 Å². The number of aromatic nitrogens is 3. The van der Waals surface area contributed by atoms with Gasteiger partial charge in [-0.25, -0.2) is 9.48 Å². The number of fused-ring (bicyclic) bond motifs is 1. The van der Waals surface area contributed by atoms with E-state index in [0.29, 0.717) is 5.65 Å². The Morgan fingerprint density at radius 3 is 2.64 bits per heavy atom. The van der Waals surface area contributed by atoms with Crippen LogP contribution >= 0.6 is 0 Å². The molecule has 0 radical (unpaired) electrons.